The third-order valence-electron chi connectivity index (χ3n) is 3.21. The van der Waals surface area contributed by atoms with Gasteiger partial charge in [0.15, 0.2) is 0 Å². The molecule has 27 heavy (non-hydrogen) atoms. The summed E-state index contributed by atoms with van der Waals surface area (Å²) in [6.45, 7) is 0.239. The topological polar surface area (TPSA) is 105 Å². The number of nitrogens with one attached hydrogen (secondary N) is 2. The molecule has 1 rings (SSSR count). The van der Waals surface area contributed by atoms with Crippen molar-refractivity contribution in [1.82, 2.24) is 10.6 Å². The molecular weight excluding hydrogens is 369 g/mol. The number of carboxylic acids is 1. The monoisotopic (exact) mass is 392 g/mol. The maximum absolute atomic E-state index is 11.6. The minimum absolute atomic E-state index is 0.116. The molecule has 0 heterocycles. The molecule has 0 aliphatic rings. The molecule has 0 saturated heterocycles. The number of hydrogen-bond acceptors (Lipinski definition) is 5. The number of rotatable bonds is 8. The van der Waals surface area contributed by atoms with Crippen LogP contribution < -0.4 is 10.6 Å². The van der Waals surface area contributed by atoms with Crippen LogP contribution in [-0.4, -0.2) is 55.9 Å². The van der Waals surface area contributed by atoms with Gasteiger partial charge in [-0.05, 0) is 25.5 Å². The standard InChI is InChI=1S/C15H22N2O3.C2HF3O2/c1-16-11-14(18)17-13(10-15(19)20-2)9-8-12-6-4-3-5-7-12;3-2(4,5)1(6)7/h3-7,13,16H,8-11H2,1-2H3,(H,17,18);(H,6,7)/t13-;/m1./s1. The van der Waals surface area contributed by atoms with E-state index in [1.165, 1.54) is 12.7 Å². The van der Waals surface area contributed by atoms with Gasteiger partial charge in [-0.15, -0.1) is 0 Å². The van der Waals surface area contributed by atoms with Crippen molar-refractivity contribution in [1.29, 1.82) is 0 Å². The summed E-state index contributed by atoms with van der Waals surface area (Å²) in [6, 6.07) is 9.77. The number of carboxylic acid groups (broad SMARTS) is 1. The molecule has 3 N–H and O–H groups in total. The number of methoxy groups -OCH3 is 1. The maximum atomic E-state index is 11.6. The molecule has 1 atom stereocenters. The van der Waals surface area contributed by atoms with Crippen LogP contribution in [0.25, 0.3) is 0 Å². The largest absolute Gasteiger partial charge is 0.490 e. The Morgan fingerprint density at radius 1 is 1.19 bits per heavy atom. The molecule has 0 aliphatic carbocycles. The molecule has 10 heteroatoms. The minimum atomic E-state index is -5.08. The summed E-state index contributed by atoms with van der Waals surface area (Å²) >= 11 is 0. The number of aryl methyl sites for hydroxylation is 1. The average molecular weight is 392 g/mol. The lowest BCUT2D eigenvalue weighted by molar-refractivity contribution is -0.192. The molecule has 0 bridgehead atoms. The maximum Gasteiger partial charge on any atom is 0.490 e. The van der Waals surface area contributed by atoms with Crippen molar-refractivity contribution in [2.24, 2.45) is 0 Å². The van der Waals surface area contributed by atoms with Crippen molar-refractivity contribution in [3.05, 3.63) is 35.9 Å². The molecule has 0 radical (unpaired) electrons. The second kappa shape index (κ2) is 12.7. The van der Waals surface area contributed by atoms with Gasteiger partial charge in [-0.3, -0.25) is 9.59 Å². The third kappa shape index (κ3) is 12.4. The quantitative estimate of drug-likeness (QED) is 0.580. The van der Waals surface area contributed by atoms with E-state index in [2.05, 4.69) is 15.4 Å². The second-order valence-corrected chi connectivity index (χ2v) is 5.40. The van der Waals surface area contributed by atoms with Gasteiger partial charge in [-0.25, -0.2) is 4.79 Å². The zero-order valence-electron chi connectivity index (χ0n) is 15.0. The lowest BCUT2D eigenvalue weighted by atomic mass is 10.0. The predicted molar refractivity (Wildman–Crippen MR) is 90.9 cm³/mol. The number of esters is 1. The summed E-state index contributed by atoms with van der Waals surface area (Å²) in [6.07, 6.45) is -3.38. The number of alkyl halides is 3. The molecule has 0 fully saturated rings. The van der Waals surface area contributed by atoms with E-state index in [0.717, 1.165) is 6.42 Å². The number of benzene rings is 1. The molecule has 7 nitrogen and oxygen atoms in total. The summed E-state index contributed by atoms with van der Waals surface area (Å²) in [5.41, 5.74) is 1.19. The van der Waals surface area contributed by atoms with Crippen LogP contribution in [0, 0.1) is 0 Å². The Labute approximate surface area is 154 Å². The Bertz CT molecular complexity index is 594. The van der Waals surface area contributed by atoms with Crippen LogP contribution in [0.3, 0.4) is 0 Å². The predicted octanol–water partition coefficient (Wildman–Crippen LogP) is 1.52. The number of amides is 1. The minimum Gasteiger partial charge on any atom is -0.475 e. The smallest absolute Gasteiger partial charge is 0.475 e. The number of carbonyl (C=O) groups is 3. The number of carbonyl (C=O) groups excluding carboxylic acids is 2. The Balaban J connectivity index is 0.000000821. The molecule has 1 amide bonds. The summed E-state index contributed by atoms with van der Waals surface area (Å²) < 4.78 is 36.4. The highest BCUT2D eigenvalue weighted by Crippen LogP contribution is 2.13. The summed E-state index contributed by atoms with van der Waals surface area (Å²) in [5.74, 6) is -3.19. The first-order valence-electron chi connectivity index (χ1n) is 7.95. The van der Waals surface area contributed by atoms with E-state index < -0.39 is 12.1 Å². The van der Waals surface area contributed by atoms with Gasteiger partial charge in [0.05, 0.1) is 20.1 Å². The average Bonchev–Trinajstić information content (AvgIpc) is 2.60. The van der Waals surface area contributed by atoms with Crippen LogP contribution in [0.5, 0.6) is 0 Å². The Kier molecular flexibility index (Phi) is 11.5. The van der Waals surface area contributed by atoms with Crippen LogP contribution in [0.4, 0.5) is 13.2 Å². The van der Waals surface area contributed by atoms with Crippen molar-refractivity contribution < 1.29 is 37.4 Å². The van der Waals surface area contributed by atoms with Gasteiger partial charge in [0.1, 0.15) is 0 Å². The van der Waals surface area contributed by atoms with Crippen LogP contribution in [0.2, 0.25) is 0 Å². The normalized spacial score (nSPS) is 11.6. The van der Waals surface area contributed by atoms with Crippen molar-refractivity contribution in [2.75, 3.05) is 20.7 Å². The highest BCUT2D eigenvalue weighted by atomic mass is 19.4. The number of halogens is 3. The van der Waals surface area contributed by atoms with E-state index in [-0.39, 0.29) is 30.9 Å². The Morgan fingerprint density at radius 2 is 1.74 bits per heavy atom. The number of likely N-dealkylation sites (N-methyl/N-ethyl adjacent to an activating group) is 1. The first kappa shape index (κ1) is 24.4. The van der Waals surface area contributed by atoms with Crippen LogP contribution in [0.1, 0.15) is 18.4 Å². The van der Waals surface area contributed by atoms with Crippen LogP contribution >= 0.6 is 0 Å². The van der Waals surface area contributed by atoms with Gasteiger partial charge in [0, 0.05) is 6.04 Å². The third-order valence-corrected chi connectivity index (χ3v) is 3.21. The van der Waals surface area contributed by atoms with Crippen molar-refractivity contribution in [2.45, 2.75) is 31.5 Å². The molecule has 0 spiro atoms. The van der Waals surface area contributed by atoms with Crippen molar-refractivity contribution in [3.63, 3.8) is 0 Å². The van der Waals surface area contributed by atoms with Gasteiger partial charge < -0.3 is 20.5 Å². The summed E-state index contributed by atoms with van der Waals surface area (Å²) in [7, 11) is 3.06. The molecule has 0 unspecified atom stereocenters. The zero-order chi connectivity index (χ0) is 20.9. The molecule has 152 valence electrons. The number of ether oxygens (including phenoxy) is 1. The molecule has 1 aromatic rings. The van der Waals surface area contributed by atoms with Gasteiger partial charge in [-0.1, -0.05) is 30.3 Å². The summed E-state index contributed by atoms with van der Waals surface area (Å²) in [4.78, 5) is 31.9. The van der Waals surface area contributed by atoms with Gasteiger partial charge >= 0.3 is 18.1 Å². The Hall–Kier alpha value is -2.62. The molecular formula is C17H23F3N2O5. The van der Waals surface area contributed by atoms with Gasteiger partial charge in [0.2, 0.25) is 5.91 Å². The van der Waals surface area contributed by atoms with E-state index in [1.54, 1.807) is 7.05 Å². The second-order valence-electron chi connectivity index (χ2n) is 5.40. The van der Waals surface area contributed by atoms with E-state index in [0.29, 0.717) is 6.42 Å². The highest BCUT2D eigenvalue weighted by molar-refractivity contribution is 5.79. The molecule has 0 aliphatic heterocycles. The fourth-order valence-electron chi connectivity index (χ4n) is 1.93. The molecule has 1 aromatic carbocycles. The first-order chi connectivity index (χ1) is 12.6. The van der Waals surface area contributed by atoms with E-state index in [1.807, 2.05) is 30.3 Å². The summed E-state index contributed by atoms with van der Waals surface area (Å²) in [5, 5.41) is 12.8. The van der Waals surface area contributed by atoms with Crippen molar-refractivity contribution in [3.8, 4) is 0 Å². The Morgan fingerprint density at radius 3 is 2.19 bits per heavy atom. The fourth-order valence-corrected chi connectivity index (χ4v) is 1.93. The van der Waals surface area contributed by atoms with E-state index in [9.17, 15) is 22.8 Å². The zero-order valence-corrected chi connectivity index (χ0v) is 15.0. The number of hydrogen-bond donors (Lipinski definition) is 3. The highest BCUT2D eigenvalue weighted by Gasteiger charge is 2.38. The van der Waals surface area contributed by atoms with E-state index >= 15 is 0 Å². The van der Waals surface area contributed by atoms with Crippen LogP contribution in [0.15, 0.2) is 30.3 Å². The fraction of sp³-hybridized carbons (Fsp3) is 0.471. The molecule has 0 saturated carbocycles. The lowest BCUT2D eigenvalue weighted by Crippen LogP contribution is -2.41. The van der Waals surface area contributed by atoms with Gasteiger partial charge in [-0.2, -0.15) is 13.2 Å². The van der Waals surface area contributed by atoms with E-state index in [4.69, 9.17) is 9.90 Å². The van der Waals surface area contributed by atoms with Gasteiger partial charge in [0.25, 0.3) is 0 Å². The number of aliphatic carboxylic acids is 1. The van der Waals surface area contributed by atoms with Crippen LogP contribution in [-0.2, 0) is 25.5 Å². The molecule has 0 aromatic heterocycles. The lowest BCUT2D eigenvalue weighted by Gasteiger charge is -2.17. The van der Waals surface area contributed by atoms with Crippen molar-refractivity contribution >= 4 is 17.8 Å². The first-order valence-corrected chi connectivity index (χ1v) is 7.95. The SMILES string of the molecule is CNCC(=O)N[C@H](CCc1ccccc1)CC(=O)OC.O=C(O)C(F)(F)F.